The van der Waals surface area contributed by atoms with Crippen LogP contribution in [-0.4, -0.2) is 11.7 Å². The van der Waals surface area contributed by atoms with Crippen molar-refractivity contribution < 1.29 is 4.79 Å². The van der Waals surface area contributed by atoms with Gasteiger partial charge >= 0.3 is 0 Å². The molecule has 0 radical (unpaired) electrons. The van der Waals surface area contributed by atoms with Gasteiger partial charge in [-0.2, -0.15) is 5.26 Å². The third-order valence-corrected chi connectivity index (χ3v) is 2.91. The van der Waals surface area contributed by atoms with Gasteiger partial charge in [-0.25, -0.2) is 0 Å². The Hall–Kier alpha value is -1.18. The highest BCUT2D eigenvalue weighted by Crippen LogP contribution is 2.25. The first-order chi connectivity index (χ1) is 6.74. The molecule has 0 aliphatic heterocycles. The van der Waals surface area contributed by atoms with Crippen LogP contribution < -0.4 is 5.32 Å². The van der Waals surface area contributed by atoms with Crippen LogP contribution in [0.25, 0.3) is 0 Å². The van der Waals surface area contributed by atoms with Crippen LogP contribution in [0.1, 0.15) is 0 Å². The molecule has 1 rings (SSSR count). The first kappa shape index (κ1) is 10.9. The van der Waals surface area contributed by atoms with Crippen LogP contribution in [-0.2, 0) is 4.79 Å². The summed E-state index contributed by atoms with van der Waals surface area (Å²) in [7, 11) is 0. The van der Waals surface area contributed by atoms with Crippen molar-refractivity contribution in [1.82, 2.24) is 5.32 Å². The molecule has 1 aromatic carbocycles. The van der Waals surface area contributed by atoms with Crippen molar-refractivity contribution >= 4 is 29.3 Å². The van der Waals surface area contributed by atoms with Crippen LogP contribution in [0.5, 0.6) is 0 Å². The van der Waals surface area contributed by atoms with E-state index in [-0.39, 0.29) is 11.7 Å². The van der Waals surface area contributed by atoms with E-state index in [1.807, 2.05) is 23.5 Å². The number of nitrogens with zero attached hydrogens (tertiary/aromatic N) is 1. The van der Waals surface area contributed by atoms with Gasteiger partial charge in [0.2, 0.25) is 5.91 Å². The molecule has 0 aromatic heterocycles. The van der Waals surface area contributed by atoms with E-state index in [9.17, 15) is 4.79 Å². The molecule has 1 N–H and O–H groups in total. The Labute approximate surface area is 91.1 Å². The van der Waals surface area contributed by atoms with E-state index in [4.69, 9.17) is 16.9 Å². The number of carbonyl (C=O) groups is 1. The van der Waals surface area contributed by atoms with Crippen molar-refractivity contribution in [3.8, 4) is 6.19 Å². The number of thioether (sulfide) groups is 1. The van der Waals surface area contributed by atoms with Crippen molar-refractivity contribution in [2.75, 3.05) is 5.75 Å². The fraction of sp³-hybridized carbons (Fsp3) is 0.111. The molecule has 0 saturated heterocycles. The number of nitrogens with one attached hydrogen (secondary N) is 1. The van der Waals surface area contributed by atoms with E-state index < -0.39 is 0 Å². The molecule has 0 aliphatic carbocycles. The third-order valence-electron chi connectivity index (χ3n) is 1.39. The van der Waals surface area contributed by atoms with Gasteiger partial charge in [0.15, 0.2) is 6.19 Å². The normalized spacial score (nSPS) is 9.14. The van der Waals surface area contributed by atoms with Crippen LogP contribution in [0.4, 0.5) is 0 Å². The van der Waals surface area contributed by atoms with Gasteiger partial charge in [0, 0.05) is 4.90 Å². The van der Waals surface area contributed by atoms with Crippen molar-refractivity contribution in [1.29, 1.82) is 5.26 Å². The smallest absolute Gasteiger partial charge is 0.243 e. The largest absolute Gasteiger partial charge is 0.273 e. The molecular formula is C9H7ClN2OS. The standard InChI is InChI=1S/C9H7ClN2OS/c10-7-3-1-2-4-8(7)14-5-9(13)12-6-11/h1-4H,5H2,(H,12,13). The Bertz CT molecular complexity index is 375. The highest BCUT2D eigenvalue weighted by atomic mass is 35.5. The van der Waals surface area contributed by atoms with Gasteiger partial charge in [-0.1, -0.05) is 23.7 Å². The Kier molecular flexibility index (Phi) is 4.30. The Balaban J connectivity index is 2.51. The van der Waals surface area contributed by atoms with E-state index in [1.54, 1.807) is 12.3 Å². The number of carbonyl (C=O) groups excluding carboxylic acids is 1. The monoisotopic (exact) mass is 226 g/mol. The quantitative estimate of drug-likeness (QED) is 0.488. The van der Waals surface area contributed by atoms with Crippen LogP contribution in [0.15, 0.2) is 29.2 Å². The molecule has 0 bridgehead atoms. The molecule has 5 heteroatoms. The lowest BCUT2D eigenvalue weighted by atomic mass is 10.4. The van der Waals surface area contributed by atoms with E-state index in [0.717, 1.165) is 4.90 Å². The molecule has 3 nitrogen and oxygen atoms in total. The summed E-state index contributed by atoms with van der Waals surface area (Å²) in [6.07, 6.45) is 1.57. The minimum absolute atomic E-state index is 0.192. The Morgan fingerprint density at radius 3 is 2.93 bits per heavy atom. The highest BCUT2D eigenvalue weighted by molar-refractivity contribution is 8.00. The number of amides is 1. The lowest BCUT2D eigenvalue weighted by Crippen LogP contribution is -2.19. The SMILES string of the molecule is N#CNC(=O)CSc1ccccc1Cl. The zero-order chi connectivity index (χ0) is 10.4. The van der Waals surface area contributed by atoms with Gasteiger partial charge < -0.3 is 0 Å². The molecule has 0 spiro atoms. The second-order valence-corrected chi connectivity index (χ2v) is 3.80. The predicted octanol–water partition coefficient (Wildman–Crippen LogP) is 2.03. The van der Waals surface area contributed by atoms with Crippen molar-refractivity contribution in [3.63, 3.8) is 0 Å². The van der Waals surface area contributed by atoms with E-state index >= 15 is 0 Å². The first-order valence-corrected chi connectivity index (χ1v) is 5.15. The molecule has 1 amide bonds. The van der Waals surface area contributed by atoms with E-state index in [2.05, 4.69) is 0 Å². The van der Waals surface area contributed by atoms with E-state index in [0.29, 0.717) is 5.02 Å². The van der Waals surface area contributed by atoms with Gasteiger partial charge in [-0.15, -0.1) is 11.8 Å². The summed E-state index contributed by atoms with van der Waals surface area (Å²) in [5.41, 5.74) is 0. The number of rotatable bonds is 3. The minimum atomic E-state index is -0.322. The Morgan fingerprint density at radius 1 is 1.57 bits per heavy atom. The number of hydrogen-bond donors (Lipinski definition) is 1. The molecule has 14 heavy (non-hydrogen) atoms. The molecule has 0 unspecified atom stereocenters. The van der Waals surface area contributed by atoms with Gasteiger partial charge in [-0.05, 0) is 12.1 Å². The summed E-state index contributed by atoms with van der Waals surface area (Å²) in [5, 5.41) is 10.8. The van der Waals surface area contributed by atoms with Gasteiger partial charge in [0.05, 0.1) is 10.8 Å². The third kappa shape index (κ3) is 3.29. The highest BCUT2D eigenvalue weighted by Gasteiger charge is 2.03. The van der Waals surface area contributed by atoms with E-state index in [1.165, 1.54) is 11.8 Å². The zero-order valence-electron chi connectivity index (χ0n) is 7.16. The fourth-order valence-corrected chi connectivity index (χ4v) is 1.84. The lowest BCUT2D eigenvalue weighted by Gasteiger charge is -2.01. The fourth-order valence-electron chi connectivity index (χ4n) is 0.804. The summed E-state index contributed by atoms with van der Waals surface area (Å²) in [6, 6.07) is 7.25. The molecule has 0 fully saturated rings. The average Bonchev–Trinajstić information content (AvgIpc) is 2.17. The van der Waals surface area contributed by atoms with Crippen LogP contribution in [0, 0.1) is 11.5 Å². The average molecular weight is 227 g/mol. The van der Waals surface area contributed by atoms with Crippen molar-refractivity contribution in [3.05, 3.63) is 29.3 Å². The molecule has 72 valence electrons. The second kappa shape index (κ2) is 5.53. The molecular weight excluding hydrogens is 220 g/mol. The van der Waals surface area contributed by atoms with Gasteiger partial charge in [-0.3, -0.25) is 10.1 Å². The van der Waals surface area contributed by atoms with Gasteiger partial charge in [0.25, 0.3) is 0 Å². The number of benzene rings is 1. The predicted molar refractivity (Wildman–Crippen MR) is 55.9 cm³/mol. The Morgan fingerprint density at radius 2 is 2.29 bits per heavy atom. The maximum absolute atomic E-state index is 10.9. The summed E-state index contributed by atoms with van der Waals surface area (Å²) < 4.78 is 0. The van der Waals surface area contributed by atoms with Crippen LogP contribution >= 0.6 is 23.4 Å². The number of nitriles is 1. The zero-order valence-corrected chi connectivity index (χ0v) is 8.73. The molecule has 0 atom stereocenters. The van der Waals surface area contributed by atoms with Crippen LogP contribution in [0.3, 0.4) is 0 Å². The summed E-state index contributed by atoms with van der Waals surface area (Å²) in [4.78, 5) is 11.8. The summed E-state index contributed by atoms with van der Waals surface area (Å²) in [6.45, 7) is 0. The second-order valence-electron chi connectivity index (χ2n) is 2.38. The maximum Gasteiger partial charge on any atom is 0.243 e. The minimum Gasteiger partial charge on any atom is -0.273 e. The molecule has 1 aromatic rings. The summed E-state index contributed by atoms with van der Waals surface area (Å²) >= 11 is 7.17. The van der Waals surface area contributed by atoms with Crippen molar-refractivity contribution in [2.24, 2.45) is 0 Å². The lowest BCUT2D eigenvalue weighted by molar-refractivity contribution is -0.117. The summed E-state index contributed by atoms with van der Waals surface area (Å²) in [5.74, 6) is -0.130. The van der Waals surface area contributed by atoms with Gasteiger partial charge in [0.1, 0.15) is 0 Å². The topological polar surface area (TPSA) is 52.9 Å². The molecule has 0 heterocycles. The first-order valence-electron chi connectivity index (χ1n) is 3.79. The number of hydrogen-bond acceptors (Lipinski definition) is 3. The van der Waals surface area contributed by atoms with Crippen LogP contribution in [0.2, 0.25) is 5.02 Å². The van der Waals surface area contributed by atoms with Crippen molar-refractivity contribution in [2.45, 2.75) is 4.90 Å². The molecule has 0 aliphatic rings. The number of halogens is 1. The molecule has 0 saturated carbocycles. The maximum atomic E-state index is 10.9.